The summed E-state index contributed by atoms with van der Waals surface area (Å²) in [4.78, 5) is 19.8. The van der Waals surface area contributed by atoms with E-state index in [-0.39, 0.29) is 29.9 Å². The predicted molar refractivity (Wildman–Crippen MR) is 39.5 cm³/mol. The summed E-state index contributed by atoms with van der Waals surface area (Å²) in [6, 6.07) is 0. The molecule has 0 aliphatic rings. The molecule has 0 unspecified atom stereocenters. The van der Waals surface area contributed by atoms with Crippen LogP contribution in [0.3, 0.4) is 0 Å². The van der Waals surface area contributed by atoms with Gasteiger partial charge in [0.2, 0.25) is 0 Å². The van der Waals surface area contributed by atoms with Crippen molar-refractivity contribution >= 4 is 29.0 Å². The minimum Gasteiger partial charge on any atom is -0.481 e. The number of carboxylic acid groups (broad SMARTS) is 2. The molecule has 0 saturated carbocycles. The first-order valence-electron chi connectivity index (χ1n) is 3.06. The third-order valence-corrected chi connectivity index (χ3v) is 1.03. The van der Waals surface area contributed by atoms with Crippen LogP contribution in [0.15, 0.2) is 0 Å². The van der Waals surface area contributed by atoms with Crippen LogP contribution in [-0.4, -0.2) is 39.2 Å². The molecule has 0 heterocycles. The zero-order valence-corrected chi connectivity index (χ0v) is 7.66. The van der Waals surface area contributed by atoms with Crippen molar-refractivity contribution in [3.8, 4) is 0 Å². The average Bonchev–Trinajstić information content (AvgIpc) is 1.79. The van der Waals surface area contributed by atoms with Crippen LogP contribution in [0, 0.1) is 0 Å². The normalized spacial score (nSPS) is 8.36. The van der Waals surface area contributed by atoms with E-state index in [1.165, 1.54) is 0 Å². The van der Waals surface area contributed by atoms with Gasteiger partial charge in [0.1, 0.15) is 0 Å². The maximum absolute atomic E-state index is 9.90. The van der Waals surface area contributed by atoms with Crippen LogP contribution in [0.1, 0.15) is 25.7 Å². The summed E-state index contributed by atoms with van der Waals surface area (Å²) in [5, 5.41) is 16.3. The molecular formula is C6H10O4Se. The first kappa shape index (κ1) is 13.1. The van der Waals surface area contributed by atoms with Gasteiger partial charge in [0.25, 0.3) is 0 Å². The van der Waals surface area contributed by atoms with Crippen LogP contribution in [0.2, 0.25) is 0 Å². The Morgan fingerprint density at radius 1 is 0.909 bits per heavy atom. The van der Waals surface area contributed by atoms with Crippen LogP contribution in [0.5, 0.6) is 0 Å². The third kappa shape index (κ3) is 12.6. The van der Waals surface area contributed by atoms with E-state index in [1.807, 2.05) is 0 Å². The maximum Gasteiger partial charge on any atom is 0.303 e. The molecule has 5 heteroatoms. The van der Waals surface area contributed by atoms with Crippen molar-refractivity contribution < 1.29 is 19.8 Å². The van der Waals surface area contributed by atoms with Crippen molar-refractivity contribution in [3.05, 3.63) is 0 Å². The number of aliphatic carboxylic acids is 2. The molecule has 0 aromatic carbocycles. The Morgan fingerprint density at radius 2 is 1.18 bits per heavy atom. The van der Waals surface area contributed by atoms with E-state index in [2.05, 4.69) is 0 Å². The fourth-order valence-electron chi connectivity index (χ4n) is 0.552. The zero-order valence-electron chi connectivity index (χ0n) is 5.95. The summed E-state index contributed by atoms with van der Waals surface area (Å²) in [5.41, 5.74) is 0. The summed E-state index contributed by atoms with van der Waals surface area (Å²) in [6.07, 6.45) is 1.02. The van der Waals surface area contributed by atoms with Gasteiger partial charge in [-0.15, -0.1) is 0 Å². The minimum absolute atomic E-state index is 0. The molecule has 64 valence electrons. The van der Waals surface area contributed by atoms with E-state index < -0.39 is 11.9 Å². The monoisotopic (exact) mass is 226 g/mol. The van der Waals surface area contributed by atoms with Crippen molar-refractivity contribution in [2.45, 2.75) is 25.7 Å². The van der Waals surface area contributed by atoms with Gasteiger partial charge < -0.3 is 10.2 Å². The molecule has 0 atom stereocenters. The Morgan fingerprint density at radius 3 is 1.36 bits per heavy atom. The Balaban J connectivity index is 0. The molecule has 11 heavy (non-hydrogen) atoms. The van der Waals surface area contributed by atoms with Gasteiger partial charge in [0.15, 0.2) is 0 Å². The van der Waals surface area contributed by atoms with E-state index in [0.29, 0.717) is 12.8 Å². The zero-order chi connectivity index (χ0) is 7.98. The van der Waals surface area contributed by atoms with Crippen molar-refractivity contribution in [1.29, 1.82) is 0 Å². The number of rotatable bonds is 5. The predicted octanol–water partition coefficient (Wildman–Crippen LogP) is 0.335. The van der Waals surface area contributed by atoms with Gasteiger partial charge in [-0.3, -0.25) is 9.59 Å². The quantitative estimate of drug-likeness (QED) is 0.522. The molecule has 0 aromatic rings. The van der Waals surface area contributed by atoms with Crippen LogP contribution >= 0.6 is 0 Å². The molecule has 2 radical (unpaired) electrons. The standard InChI is InChI=1S/C6H10O4.Se/c7-5(8)3-1-2-4-6(9)10;/h1-4H2,(H,7,8)(H,9,10);. The van der Waals surface area contributed by atoms with Crippen LogP contribution in [0.25, 0.3) is 0 Å². The minimum atomic E-state index is -0.870. The summed E-state index contributed by atoms with van der Waals surface area (Å²) in [6.45, 7) is 0. The largest absolute Gasteiger partial charge is 0.481 e. The summed E-state index contributed by atoms with van der Waals surface area (Å²) in [5.74, 6) is -1.74. The molecule has 0 aliphatic heterocycles. The second kappa shape index (κ2) is 7.57. The van der Waals surface area contributed by atoms with Crippen molar-refractivity contribution in [3.63, 3.8) is 0 Å². The number of hydrogen-bond acceptors (Lipinski definition) is 2. The smallest absolute Gasteiger partial charge is 0.303 e. The first-order chi connectivity index (χ1) is 4.63. The third-order valence-electron chi connectivity index (χ3n) is 1.03. The van der Waals surface area contributed by atoms with Gasteiger partial charge in [-0.1, -0.05) is 0 Å². The van der Waals surface area contributed by atoms with E-state index in [0.717, 1.165) is 0 Å². The molecule has 0 aromatic heterocycles. The van der Waals surface area contributed by atoms with E-state index in [4.69, 9.17) is 10.2 Å². The average molecular weight is 225 g/mol. The maximum atomic E-state index is 9.90. The van der Waals surface area contributed by atoms with Crippen molar-refractivity contribution in [2.24, 2.45) is 0 Å². The van der Waals surface area contributed by atoms with Crippen LogP contribution < -0.4 is 0 Å². The molecule has 0 rings (SSSR count). The topological polar surface area (TPSA) is 74.6 Å². The molecule has 0 bridgehead atoms. The molecule has 0 fully saturated rings. The summed E-state index contributed by atoms with van der Waals surface area (Å²) < 4.78 is 0. The van der Waals surface area contributed by atoms with Crippen molar-refractivity contribution in [1.82, 2.24) is 0 Å². The van der Waals surface area contributed by atoms with Crippen LogP contribution in [0.4, 0.5) is 0 Å². The van der Waals surface area contributed by atoms with E-state index >= 15 is 0 Å². The van der Waals surface area contributed by atoms with Gasteiger partial charge in [-0.25, -0.2) is 0 Å². The van der Waals surface area contributed by atoms with Gasteiger partial charge in [0, 0.05) is 29.9 Å². The Hall–Kier alpha value is -0.541. The van der Waals surface area contributed by atoms with Gasteiger partial charge >= 0.3 is 11.9 Å². The molecule has 0 aliphatic carbocycles. The molecule has 0 saturated heterocycles. The molecule has 4 nitrogen and oxygen atoms in total. The fourth-order valence-corrected chi connectivity index (χ4v) is 0.552. The van der Waals surface area contributed by atoms with E-state index in [1.54, 1.807) is 0 Å². The Labute approximate surface area is 75.1 Å². The Kier molecular flexibility index (Phi) is 8.99. The molecule has 0 spiro atoms. The summed E-state index contributed by atoms with van der Waals surface area (Å²) >= 11 is 0. The second-order valence-electron chi connectivity index (χ2n) is 1.99. The second-order valence-corrected chi connectivity index (χ2v) is 1.99. The van der Waals surface area contributed by atoms with Crippen molar-refractivity contribution in [2.75, 3.05) is 0 Å². The first-order valence-corrected chi connectivity index (χ1v) is 3.06. The van der Waals surface area contributed by atoms with Crippen LogP contribution in [-0.2, 0) is 9.59 Å². The van der Waals surface area contributed by atoms with E-state index in [9.17, 15) is 9.59 Å². The summed E-state index contributed by atoms with van der Waals surface area (Å²) in [7, 11) is 0. The fraction of sp³-hybridized carbons (Fsp3) is 0.667. The molecule has 0 amide bonds. The number of carbonyl (C=O) groups is 2. The SMILES string of the molecule is O=C(O)CCCCC(=O)O.[Se]. The number of unbranched alkanes of at least 4 members (excludes halogenated alkanes) is 1. The number of carboxylic acids is 2. The Bertz CT molecular complexity index is 119. The number of hydrogen-bond donors (Lipinski definition) is 2. The van der Waals surface area contributed by atoms with Gasteiger partial charge in [0.05, 0.1) is 0 Å². The molecule has 2 N–H and O–H groups in total. The van der Waals surface area contributed by atoms with Gasteiger partial charge in [-0.2, -0.15) is 0 Å². The van der Waals surface area contributed by atoms with Gasteiger partial charge in [-0.05, 0) is 12.8 Å². The molecular weight excluding hydrogens is 215 g/mol.